The Balaban J connectivity index is 2.91. The van der Waals surface area contributed by atoms with E-state index in [1.165, 1.54) is 7.05 Å². The molecule has 1 N–H and O–H groups in total. The lowest BCUT2D eigenvalue weighted by molar-refractivity contribution is -0.141. The average molecular weight is 245 g/mol. The van der Waals surface area contributed by atoms with Crippen molar-refractivity contribution in [3.05, 3.63) is 38.7 Å². The molecule has 0 radical (unpaired) electrons. The van der Waals surface area contributed by atoms with Gasteiger partial charge in [-0.05, 0) is 12.1 Å². The molecule has 2 rings (SSSR count). The number of aryl methyl sites for hydroxylation is 1. The van der Waals surface area contributed by atoms with Crippen LogP contribution in [0.25, 0.3) is 11.0 Å². The molecule has 90 valence electrons. The normalized spacial score (nSPS) is 12.0. The highest BCUT2D eigenvalue weighted by atomic mass is 19.4. The molecule has 0 fully saturated rings. The van der Waals surface area contributed by atoms with Crippen LogP contribution in [0.1, 0.15) is 5.69 Å². The first kappa shape index (κ1) is 11.4. The van der Waals surface area contributed by atoms with Gasteiger partial charge in [0.25, 0.3) is 5.56 Å². The van der Waals surface area contributed by atoms with Crippen LogP contribution in [-0.4, -0.2) is 14.5 Å². The summed E-state index contributed by atoms with van der Waals surface area (Å²) < 4.78 is 38.1. The number of fused-ring (bicyclic) bond motifs is 1. The van der Waals surface area contributed by atoms with Gasteiger partial charge < -0.3 is 0 Å². The molecular formula is C9H6F3N3O2. The van der Waals surface area contributed by atoms with Crippen LogP contribution in [0.15, 0.2) is 21.7 Å². The molecule has 0 aliphatic rings. The van der Waals surface area contributed by atoms with E-state index in [1.807, 2.05) is 4.98 Å². The van der Waals surface area contributed by atoms with Gasteiger partial charge in [-0.3, -0.25) is 14.3 Å². The second-order valence-electron chi connectivity index (χ2n) is 3.38. The van der Waals surface area contributed by atoms with E-state index in [0.29, 0.717) is 6.07 Å². The van der Waals surface area contributed by atoms with Crippen LogP contribution >= 0.6 is 0 Å². The molecule has 0 unspecified atom stereocenters. The minimum absolute atomic E-state index is 0.0694. The van der Waals surface area contributed by atoms with Crippen LogP contribution in [0.5, 0.6) is 0 Å². The van der Waals surface area contributed by atoms with E-state index < -0.39 is 23.1 Å². The lowest BCUT2D eigenvalue weighted by Crippen LogP contribution is -2.29. The highest BCUT2D eigenvalue weighted by molar-refractivity contribution is 5.73. The molecule has 0 amide bonds. The number of rotatable bonds is 0. The summed E-state index contributed by atoms with van der Waals surface area (Å²) in [4.78, 5) is 27.8. The Morgan fingerprint density at radius 3 is 2.53 bits per heavy atom. The summed E-state index contributed by atoms with van der Waals surface area (Å²) in [6, 6.07) is 1.69. The number of nitrogens with one attached hydrogen (secondary N) is 1. The number of H-pyrrole nitrogens is 1. The van der Waals surface area contributed by atoms with Gasteiger partial charge in [-0.25, -0.2) is 9.78 Å². The molecule has 0 saturated heterocycles. The molecule has 8 heteroatoms. The van der Waals surface area contributed by atoms with Crippen LogP contribution in [0.2, 0.25) is 0 Å². The van der Waals surface area contributed by atoms with E-state index in [9.17, 15) is 22.8 Å². The van der Waals surface area contributed by atoms with E-state index in [4.69, 9.17) is 0 Å². The molecule has 17 heavy (non-hydrogen) atoms. The maximum Gasteiger partial charge on any atom is 0.433 e. The first-order valence-electron chi connectivity index (χ1n) is 4.48. The van der Waals surface area contributed by atoms with Crippen molar-refractivity contribution < 1.29 is 13.2 Å². The molecule has 2 heterocycles. The lowest BCUT2D eigenvalue weighted by atomic mass is 10.3. The van der Waals surface area contributed by atoms with E-state index in [1.54, 1.807) is 0 Å². The zero-order valence-corrected chi connectivity index (χ0v) is 8.50. The third-order valence-electron chi connectivity index (χ3n) is 2.25. The van der Waals surface area contributed by atoms with Gasteiger partial charge in [-0.15, -0.1) is 0 Å². The van der Waals surface area contributed by atoms with Gasteiger partial charge in [-0.1, -0.05) is 0 Å². The van der Waals surface area contributed by atoms with Gasteiger partial charge >= 0.3 is 11.9 Å². The zero-order chi connectivity index (χ0) is 12.8. The van der Waals surface area contributed by atoms with Gasteiger partial charge in [0.05, 0.1) is 5.39 Å². The molecule has 0 atom stereocenters. The Bertz CT molecular complexity index is 699. The number of halogens is 3. The summed E-state index contributed by atoms with van der Waals surface area (Å²) in [5, 5.41) is -0.0694. The molecule has 0 spiro atoms. The van der Waals surface area contributed by atoms with Crippen LogP contribution < -0.4 is 11.2 Å². The predicted octanol–water partition coefficient (Wildman–Crippen LogP) is 0.641. The number of pyridine rings is 1. The van der Waals surface area contributed by atoms with Crippen LogP contribution in [-0.2, 0) is 13.2 Å². The number of alkyl halides is 3. The predicted molar refractivity (Wildman–Crippen MR) is 52.6 cm³/mol. The van der Waals surface area contributed by atoms with Crippen molar-refractivity contribution in [3.63, 3.8) is 0 Å². The minimum Gasteiger partial charge on any atom is -0.281 e. The van der Waals surface area contributed by atoms with Crippen molar-refractivity contribution in [2.75, 3.05) is 0 Å². The van der Waals surface area contributed by atoms with E-state index in [0.717, 1.165) is 10.6 Å². The molecule has 0 aliphatic carbocycles. The highest BCUT2D eigenvalue weighted by Crippen LogP contribution is 2.27. The van der Waals surface area contributed by atoms with E-state index in [-0.39, 0.29) is 11.0 Å². The summed E-state index contributed by atoms with van der Waals surface area (Å²) in [6.45, 7) is 0. The Labute approximate surface area is 91.5 Å². The average Bonchev–Trinajstić information content (AvgIpc) is 2.24. The van der Waals surface area contributed by atoms with Gasteiger partial charge in [0.2, 0.25) is 0 Å². The SMILES string of the molecule is Cn1c(=O)[nH]c(=O)c2ccc(C(F)(F)F)nc21. The number of hydrogen-bond acceptors (Lipinski definition) is 3. The maximum atomic E-state index is 12.4. The van der Waals surface area contributed by atoms with Crippen molar-refractivity contribution in [3.8, 4) is 0 Å². The van der Waals surface area contributed by atoms with Gasteiger partial charge in [0, 0.05) is 7.05 Å². The van der Waals surface area contributed by atoms with Crippen LogP contribution in [0.3, 0.4) is 0 Å². The summed E-state index contributed by atoms with van der Waals surface area (Å²) in [5.74, 6) is 0. The zero-order valence-electron chi connectivity index (χ0n) is 8.50. The fourth-order valence-corrected chi connectivity index (χ4v) is 1.38. The minimum atomic E-state index is -4.62. The third-order valence-corrected chi connectivity index (χ3v) is 2.25. The van der Waals surface area contributed by atoms with Crippen LogP contribution in [0, 0.1) is 0 Å². The standard InChI is InChI=1S/C9H6F3N3O2/c1-15-6-4(7(16)14-8(15)17)2-3-5(13-6)9(10,11)12/h2-3H,1H3,(H,14,16,17). The van der Waals surface area contributed by atoms with Crippen molar-refractivity contribution in [1.82, 2.24) is 14.5 Å². The van der Waals surface area contributed by atoms with Crippen molar-refractivity contribution in [2.24, 2.45) is 7.05 Å². The van der Waals surface area contributed by atoms with Crippen molar-refractivity contribution >= 4 is 11.0 Å². The fraction of sp³-hybridized carbons (Fsp3) is 0.222. The number of nitrogens with zero attached hydrogens (tertiary/aromatic N) is 2. The molecule has 0 aromatic carbocycles. The molecule has 0 bridgehead atoms. The Morgan fingerprint density at radius 2 is 1.94 bits per heavy atom. The smallest absolute Gasteiger partial charge is 0.281 e. The van der Waals surface area contributed by atoms with Gasteiger partial charge in [0.1, 0.15) is 11.3 Å². The summed E-state index contributed by atoms with van der Waals surface area (Å²) in [6.07, 6.45) is -4.62. The first-order valence-corrected chi connectivity index (χ1v) is 4.48. The second kappa shape index (κ2) is 3.44. The quantitative estimate of drug-likeness (QED) is 0.740. The summed E-state index contributed by atoms with van der Waals surface area (Å²) in [5.41, 5.74) is -3.02. The Kier molecular flexibility index (Phi) is 2.30. The monoisotopic (exact) mass is 245 g/mol. The maximum absolute atomic E-state index is 12.4. The Hall–Kier alpha value is -2.12. The van der Waals surface area contributed by atoms with Crippen molar-refractivity contribution in [2.45, 2.75) is 6.18 Å². The lowest BCUT2D eigenvalue weighted by Gasteiger charge is -2.07. The summed E-state index contributed by atoms with van der Waals surface area (Å²) in [7, 11) is 1.23. The van der Waals surface area contributed by atoms with Gasteiger partial charge in [-0.2, -0.15) is 13.2 Å². The molecule has 5 nitrogen and oxygen atoms in total. The number of aromatic amines is 1. The van der Waals surface area contributed by atoms with E-state index in [2.05, 4.69) is 4.98 Å². The molecule has 0 saturated carbocycles. The number of aromatic nitrogens is 3. The molecule has 2 aromatic heterocycles. The third kappa shape index (κ3) is 1.81. The van der Waals surface area contributed by atoms with E-state index >= 15 is 0 Å². The Morgan fingerprint density at radius 1 is 1.29 bits per heavy atom. The topological polar surface area (TPSA) is 67.8 Å². The summed E-state index contributed by atoms with van der Waals surface area (Å²) >= 11 is 0. The molecule has 2 aromatic rings. The molecule has 0 aliphatic heterocycles. The van der Waals surface area contributed by atoms with Gasteiger partial charge in [0.15, 0.2) is 0 Å². The first-order chi connectivity index (χ1) is 7.80. The largest absolute Gasteiger partial charge is 0.433 e. The fourth-order valence-electron chi connectivity index (χ4n) is 1.38. The van der Waals surface area contributed by atoms with Crippen LogP contribution in [0.4, 0.5) is 13.2 Å². The number of hydrogen-bond donors (Lipinski definition) is 1. The molecular weight excluding hydrogens is 239 g/mol. The van der Waals surface area contributed by atoms with Crippen molar-refractivity contribution in [1.29, 1.82) is 0 Å². The highest BCUT2D eigenvalue weighted by Gasteiger charge is 2.32. The second-order valence-corrected chi connectivity index (χ2v) is 3.38.